The lowest BCUT2D eigenvalue weighted by atomic mass is 10.1. The zero-order valence-electron chi connectivity index (χ0n) is 19.5. The lowest BCUT2D eigenvalue weighted by molar-refractivity contribution is -0.111. The summed E-state index contributed by atoms with van der Waals surface area (Å²) < 4.78 is 16.5. The molecule has 3 rings (SSSR count). The normalized spacial score (nSPS) is 10.6. The molecular weight excluding hydrogens is 430 g/mol. The zero-order valence-corrected chi connectivity index (χ0v) is 19.5. The summed E-state index contributed by atoms with van der Waals surface area (Å²) in [4.78, 5) is 24.3. The van der Waals surface area contributed by atoms with E-state index in [0.717, 1.165) is 24.0 Å². The van der Waals surface area contributed by atoms with Gasteiger partial charge in [-0.05, 0) is 60.0 Å². The van der Waals surface area contributed by atoms with E-state index in [0.29, 0.717) is 36.0 Å². The third kappa shape index (κ3) is 7.52. The van der Waals surface area contributed by atoms with Crippen molar-refractivity contribution in [3.63, 3.8) is 0 Å². The van der Waals surface area contributed by atoms with E-state index in [9.17, 15) is 9.59 Å². The molecule has 34 heavy (non-hydrogen) atoms. The van der Waals surface area contributed by atoms with Crippen LogP contribution in [-0.4, -0.2) is 25.6 Å². The standard InChI is InChI=1S/C28H29NO5/c1-3-4-18-33-28(31)23-12-14-24(15-13-23)29-27(30)17-11-21-10-16-25(26(19-21)32-2)34-20-22-8-6-5-7-9-22/h5-17,19H,3-4,18,20H2,1-2H3,(H,29,30)/b17-11+. The number of methoxy groups -OCH3 is 1. The molecule has 0 aliphatic heterocycles. The Balaban J connectivity index is 1.55. The van der Waals surface area contributed by atoms with Crippen LogP contribution < -0.4 is 14.8 Å². The predicted molar refractivity (Wildman–Crippen MR) is 133 cm³/mol. The van der Waals surface area contributed by atoms with Gasteiger partial charge in [0, 0.05) is 11.8 Å². The van der Waals surface area contributed by atoms with Crippen LogP contribution in [0.5, 0.6) is 11.5 Å². The van der Waals surface area contributed by atoms with Crippen molar-refractivity contribution in [1.82, 2.24) is 0 Å². The van der Waals surface area contributed by atoms with Gasteiger partial charge in [-0.15, -0.1) is 0 Å². The molecule has 0 heterocycles. The molecule has 176 valence electrons. The van der Waals surface area contributed by atoms with Crippen molar-refractivity contribution >= 4 is 23.6 Å². The van der Waals surface area contributed by atoms with E-state index in [1.807, 2.05) is 55.5 Å². The quantitative estimate of drug-likeness (QED) is 0.220. The number of hydrogen-bond donors (Lipinski definition) is 1. The number of benzene rings is 3. The first kappa shape index (κ1) is 24.6. The first-order valence-electron chi connectivity index (χ1n) is 11.2. The van der Waals surface area contributed by atoms with Crippen LogP contribution in [-0.2, 0) is 16.1 Å². The number of anilines is 1. The maximum absolute atomic E-state index is 12.3. The molecule has 3 aromatic carbocycles. The maximum Gasteiger partial charge on any atom is 0.338 e. The second-order valence-electron chi connectivity index (χ2n) is 7.57. The molecule has 6 heteroatoms. The average Bonchev–Trinajstić information content (AvgIpc) is 2.87. The van der Waals surface area contributed by atoms with Gasteiger partial charge in [0.15, 0.2) is 11.5 Å². The fourth-order valence-corrected chi connectivity index (χ4v) is 3.08. The van der Waals surface area contributed by atoms with Gasteiger partial charge in [0.1, 0.15) is 6.61 Å². The number of ether oxygens (including phenoxy) is 3. The minimum absolute atomic E-state index is 0.290. The van der Waals surface area contributed by atoms with Gasteiger partial charge in [0.25, 0.3) is 0 Å². The van der Waals surface area contributed by atoms with E-state index in [1.165, 1.54) is 6.08 Å². The molecule has 0 aliphatic carbocycles. The number of carbonyl (C=O) groups excluding carboxylic acids is 2. The van der Waals surface area contributed by atoms with Gasteiger partial charge in [0.05, 0.1) is 19.3 Å². The summed E-state index contributed by atoms with van der Waals surface area (Å²) in [5, 5.41) is 2.78. The average molecular weight is 460 g/mol. The summed E-state index contributed by atoms with van der Waals surface area (Å²) in [5.41, 5.74) is 2.89. The van der Waals surface area contributed by atoms with Crippen LogP contribution in [0.15, 0.2) is 78.9 Å². The number of hydrogen-bond acceptors (Lipinski definition) is 5. The summed E-state index contributed by atoms with van der Waals surface area (Å²) in [6.07, 6.45) is 4.93. The van der Waals surface area contributed by atoms with Crippen LogP contribution in [0.25, 0.3) is 6.08 Å². The van der Waals surface area contributed by atoms with Gasteiger partial charge in [-0.3, -0.25) is 4.79 Å². The Bertz CT molecular complexity index is 1110. The highest BCUT2D eigenvalue weighted by Crippen LogP contribution is 2.29. The topological polar surface area (TPSA) is 73.9 Å². The molecule has 0 saturated heterocycles. The summed E-state index contributed by atoms with van der Waals surface area (Å²) in [6, 6.07) is 22.0. The molecule has 0 unspecified atom stereocenters. The molecular formula is C28H29NO5. The largest absolute Gasteiger partial charge is 0.493 e. The summed E-state index contributed by atoms with van der Waals surface area (Å²) in [5.74, 6) is 0.555. The summed E-state index contributed by atoms with van der Waals surface area (Å²) >= 11 is 0. The van der Waals surface area contributed by atoms with Crippen LogP contribution in [0.3, 0.4) is 0 Å². The van der Waals surface area contributed by atoms with Gasteiger partial charge >= 0.3 is 5.97 Å². The van der Waals surface area contributed by atoms with E-state index < -0.39 is 0 Å². The van der Waals surface area contributed by atoms with Crippen molar-refractivity contribution in [2.24, 2.45) is 0 Å². The maximum atomic E-state index is 12.3. The molecule has 0 fully saturated rings. The summed E-state index contributed by atoms with van der Waals surface area (Å²) in [6.45, 7) is 2.88. The Morgan fingerprint density at radius 2 is 1.71 bits per heavy atom. The molecule has 0 saturated carbocycles. The number of unbranched alkanes of at least 4 members (excludes halogenated alkanes) is 1. The molecule has 1 N–H and O–H groups in total. The Morgan fingerprint density at radius 1 is 0.941 bits per heavy atom. The molecule has 0 aliphatic rings. The van der Waals surface area contributed by atoms with Crippen LogP contribution >= 0.6 is 0 Å². The minimum atomic E-state index is -0.364. The predicted octanol–water partition coefficient (Wildman–Crippen LogP) is 5.88. The molecule has 3 aromatic rings. The van der Waals surface area contributed by atoms with Crippen LogP contribution in [0.2, 0.25) is 0 Å². The second-order valence-corrected chi connectivity index (χ2v) is 7.57. The van der Waals surface area contributed by atoms with Gasteiger partial charge in [-0.2, -0.15) is 0 Å². The fraction of sp³-hybridized carbons (Fsp3) is 0.214. The Morgan fingerprint density at radius 3 is 2.41 bits per heavy atom. The number of carbonyl (C=O) groups is 2. The molecule has 0 spiro atoms. The molecule has 1 amide bonds. The van der Waals surface area contributed by atoms with Crippen LogP contribution in [0.1, 0.15) is 41.3 Å². The first-order valence-corrected chi connectivity index (χ1v) is 11.2. The highest BCUT2D eigenvalue weighted by Gasteiger charge is 2.08. The highest BCUT2D eigenvalue weighted by atomic mass is 16.5. The highest BCUT2D eigenvalue weighted by molar-refractivity contribution is 6.02. The van der Waals surface area contributed by atoms with Crippen LogP contribution in [0.4, 0.5) is 5.69 Å². The smallest absolute Gasteiger partial charge is 0.338 e. The van der Waals surface area contributed by atoms with Gasteiger partial charge in [-0.25, -0.2) is 4.79 Å². The number of rotatable bonds is 11. The van der Waals surface area contributed by atoms with Crippen molar-refractivity contribution < 1.29 is 23.8 Å². The Hall–Kier alpha value is -4.06. The lowest BCUT2D eigenvalue weighted by Crippen LogP contribution is -2.09. The zero-order chi connectivity index (χ0) is 24.2. The molecule has 0 atom stereocenters. The van der Waals surface area contributed by atoms with Crippen molar-refractivity contribution in [2.45, 2.75) is 26.4 Å². The number of nitrogens with one attached hydrogen (secondary N) is 1. The van der Waals surface area contributed by atoms with E-state index in [2.05, 4.69) is 5.32 Å². The van der Waals surface area contributed by atoms with Gasteiger partial charge in [0.2, 0.25) is 5.91 Å². The van der Waals surface area contributed by atoms with Crippen molar-refractivity contribution in [1.29, 1.82) is 0 Å². The third-order valence-corrected chi connectivity index (χ3v) is 4.97. The molecule has 0 aromatic heterocycles. The first-order chi connectivity index (χ1) is 16.6. The summed E-state index contributed by atoms with van der Waals surface area (Å²) in [7, 11) is 1.58. The molecule has 0 bridgehead atoms. The second kappa shape index (κ2) is 12.8. The SMILES string of the molecule is CCCCOC(=O)c1ccc(NC(=O)/C=C/c2ccc(OCc3ccccc3)c(OC)c2)cc1. The van der Waals surface area contributed by atoms with E-state index in [4.69, 9.17) is 14.2 Å². The van der Waals surface area contributed by atoms with Gasteiger partial charge < -0.3 is 19.5 Å². The monoisotopic (exact) mass is 459 g/mol. The Kier molecular flexibility index (Phi) is 9.29. The Labute approximate surface area is 200 Å². The minimum Gasteiger partial charge on any atom is -0.493 e. The van der Waals surface area contributed by atoms with Crippen molar-refractivity contribution in [3.8, 4) is 11.5 Å². The number of esters is 1. The van der Waals surface area contributed by atoms with Gasteiger partial charge in [-0.1, -0.05) is 49.7 Å². The molecule has 6 nitrogen and oxygen atoms in total. The van der Waals surface area contributed by atoms with E-state index in [-0.39, 0.29) is 11.9 Å². The van der Waals surface area contributed by atoms with Crippen LogP contribution in [0, 0.1) is 0 Å². The molecule has 0 radical (unpaired) electrons. The fourth-order valence-electron chi connectivity index (χ4n) is 3.08. The lowest BCUT2D eigenvalue weighted by Gasteiger charge is -2.11. The van der Waals surface area contributed by atoms with E-state index in [1.54, 1.807) is 37.5 Å². The van der Waals surface area contributed by atoms with E-state index >= 15 is 0 Å². The van der Waals surface area contributed by atoms with Crippen molar-refractivity contribution in [2.75, 3.05) is 19.0 Å². The van der Waals surface area contributed by atoms with Crippen molar-refractivity contribution in [3.05, 3.63) is 95.6 Å². The third-order valence-electron chi connectivity index (χ3n) is 4.97. The number of amides is 1.